The van der Waals surface area contributed by atoms with Gasteiger partial charge in [-0.1, -0.05) is 6.07 Å². The van der Waals surface area contributed by atoms with Gasteiger partial charge in [-0.25, -0.2) is 0 Å². The summed E-state index contributed by atoms with van der Waals surface area (Å²) in [5.74, 6) is 0. The maximum atomic E-state index is 11.9. The lowest BCUT2D eigenvalue weighted by Gasteiger charge is -2.10. The summed E-state index contributed by atoms with van der Waals surface area (Å²) in [7, 11) is 0. The number of anilines is 1. The highest BCUT2D eigenvalue weighted by atomic mass is 19.4. The molecule has 4 nitrogen and oxygen atoms in total. The van der Waals surface area contributed by atoms with Crippen LogP contribution in [0.4, 0.5) is 24.5 Å². The van der Waals surface area contributed by atoms with Gasteiger partial charge in [0.25, 0.3) is 5.69 Å². The molecule has 0 fully saturated rings. The van der Waals surface area contributed by atoms with Crippen molar-refractivity contribution in [2.24, 2.45) is 0 Å². The Labute approximate surface area is 95.6 Å². The molecule has 0 unspecified atom stereocenters. The number of rotatable bonds is 4. The second-order valence-electron chi connectivity index (χ2n) is 3.55. The number of nitro benzene ring substituents is 1. The molecule has 17 heavy (non-hydrogen) atoms. The number of nitrogens with one attached hydrogen (secondary N) is 1. The normalized spacial score (nSPS) is 11.3. The van der Waals surface area contributed by atoms with Crippen molar-refractivity contribution < 1.29 is 18.1 Å². The van der Waals surface area contributed by atoms with Crippen molar-refractivity contribution in [3.05, 3.63) is 33.9 Å². The lowest BCUT2D eigenvalue weighted by molar-refractivity contribution is -0.384. The van der Waals surface area contributed by atoms with Crippen molar-refractivity contribution in [1.29, 1.82) is 0 Å². The van der Waals surface area contributed by atoms with Crippen molar-refractivity contribution in [1.82, 2.24) is 0 Å². The van der Waals surface area contributed by atoms with Crippen LogP contribution in [0.3, 0.4) is 0 Å². The smallest absolute Gasteiger partial charge is 0.384 e. The first-order valence-corrected chi connectivity index (χ1v) is 4.85. The summed E-state index contributed by atoms with van der Waals surface area (Å²) in [6, 6.07) is 4.03. The first kappa shape index (κ1) is 13.3. The molecule has 7 heteroatoms. The number of non-ortho nitro benzene ring substituents is 1. The molecule has 0 atom stereocenters. The summed E-state index contributed by atoms with van der Waals surface area (Å²) < 4.78 is 35.8. The van der Waals surface area contributed by atoms with Gasteiger partial charge >= 0.3 is 6.18 Å². The minimum absolute atomic E-state index is 0.148. The fourth-order valence-electron chi connectivity index (χ4n) is 1.25. The summed E-state index contributed by atoms with van der Waals surface area (Å²) in [6.07, 6.45) is -5.21. The summed E-state index contributed by atoms with van der Waals surface area (Å²) in [6.45, 7) is 1.37. The summed E-state index contributed by atoms with van der Waals surface area (Å²) in [4.78, 5) is 9.91. The van der Waals surface area contributed by atoms with Gasteiger partial charge in [0.2, 0.25) is 0 Å². The molecule has 1 aromatic carbocycles. The minimum atomic E-state index is -4.23. The first-order chi connectivity index (χ1) is 7.79. The number of alkyl halides is 3. The van der Waals surface area contributed by atoms with Gasteiger partial charge in [0.05, 0.1) is 11.3 Å². The summed E-state index contributed by atoms with van der Waals surface area (Å²) in [5, 5.41) is 13.0. The van der Waals surface area contributed by atoms with E-state index in [1.165, 1.54) is 18.2 Å². The first-order valence-electron chi connectivity index (χ1n) is 4.85. The van der Waals surface area contributed by atoms with E-state index >= 15 is 0 Å². The van der Waals surface area contributed by atoms with Crippen LogP contribution in [-0.2, 0) is 0 Å². The molecular weight excluding hydrogens is 237 g/mol. The minimum Gasteiger partial charge on any atom is -0.384 e. The van der Waals surface area contributed by atoms with E-state index in [2.05, 4.69) is 5.32 Å². The molecule has 0 spiro atoms. The van der Waals surface area contributed by atoms with Crippen LogP contribution in [-0.4, -0.2) is 17.6 Å². The Kier molecular flexibility index (Phi) is 3.93. The average molecular weight is 248 g/mol. The highest BCUT2D eigenvalue weighted by Gasteiger charge is 2.26. The Morgan fingerprint density at radius 1 is 1.41 bits per heavy atom. The molecule has 0 aromatic heterocycles. The fraction of sp³-hybridized carbons (Fsp3) is 0.400. The van der Waals surface area contributed by atoms with Crippen LogP contribution in [0, 0.1) is 17.0 Å². The van der Waals surface area contributed by atoms with Crippen molar-refractivity contribution >= 4 is 11.4 Å². The highest BCUT2D eigenvalue weighted by molar-refractivity contribution is 5.56. The Bertz CT molecular complexity index is 419. The van der Waals surface area contributed by atoms with Gasteiger partial charge < -0.3 is 5.32 Å². The van der Waals surface area contributed by atoms with Gasteiger partial charge in [-0.3, -0.25) is 10.1 Å². The maximum absolute atomic E-state index is 11.9. The number of hydrogen-bond acceptors (Lipinski definition) is 3. The van der Waals surface area contributed by atoms with Crippen LogP contribution in [0.1, 0.15) is 12.0 Å². The van der Waals surface area contributed by atoms with Crippen LogP contribution in [0.25, 0.3) is 0 Å². The number of nitro groups is 1. The third-order valence-electron chi connectivity index (χ3n) is 2.16. The molecule has 1 rings (SSSR count). The Hall–Kier alpha value is -1.79. The Balaban J connectivity index is 2.70. The summed E-state index contributed by atoms with van der Waals surface area (Å²) in [5.41, 5.74) is 0.867. The molecular formula is C10H11F3N2O2. The van der Waals surface area contributed by atoms with Crippen LogP contribution in [0.5, 0.6) is 0 Å². The number of nitrogens with zero attached hydrogens (tertiary/aromatic N) is 1. The average Bonchev–Trinajstić information content (AvgIpc) is 2.18. The molecule has 0 saturated carbocycles. The lowest BCUT2D eigenvalue weighted by atomic mass is 10.2. The van der Waals surface area contributed by atoms with E-state index in [1.807, 2.05) is 0 Å². The number of aryl methyl sites for hydroxylation is 1. The topological polar surface area (TPSA) is 55.2 Å². The standard InChI is InChI=1S/C10H11F3N2O2/c1-7-2-3-8(15(16)17)6-9(7)14-5-4-10(11,12)13/h2-3,6,14H,4-5H2,1H3. The Morgan fingerprint density at radius 3 is 2.59 bits per heavy atom. The zero-order valence-electron chi connectivity index (χ0n) is 9.04. The molecule has 1 N–H and O–H groups in total. The van der Waals surface area contributed by atoms with E-state index in [0.717, 1.165) is 0 Å². The molecule has 0 radical (unpaired) electrons. The Morgan fingerprint density at radius 2 is 2.06 bits per heavy atom. The SMILES string of the molecule is Cc1ccc([N+](=O)[O-])cc1NCCC(F)(F)F. The molecule has 1 aromatic rings. The van der Waals surface area contributed by atoms with Gasteiger partial charge in [-0.2, -0.15) is 13.2 Å². The maximum Gasteiger partial charge on any atom is 0.390 e. The highest BCUT2D eigenvalue weighted by Crippen LogP contribution is 2.23. The molecule has 0 bridgehead atoms. The zero-order valence-corrected chi connectivity index (χ0v) is 9.04. The second kappa shape index (κ2) is 5.03. The van der Waals surface area contributed by atoms with Crippen molar-refractivity contribution in [2.75, 3.05) is 11.9 Å². The van der Waals surface area contributed by atoms with Gasteiger partial charge in [0.15, 0.2) is 0 Å². The predicted octanol–water partition coefficient (Wildman–Crippen LogP) is 3.27. The van der Waals surface area contributed by atoms with Gasteiger partial charge in [-0.05, 0) is 12.5 Å². The van der Waals surface area contributed by atoms with Gasteiger partial charge in [-0.15, -0.1) is 0 Å². The molecule has 0 aliphatic rings. The lowest BCUT2D eigenvalue weighted by Crippen LogP contribution is -2.15. The second-order valence-corrected chi connectivity index (χ2v) is 3.55. The van der Waals surface area contributed by atoms with Crippen LogP contribution in [0.15, 0.2) is 18.2 Å². The van der Waals surface area contributed by atoms with Gasteiger partial charge in [0, 0.05) is 24.4 Å². The van der Waals surface area contributed by atoms with Crippen LogP contribution >= 0.6 is 0 Å². The molecule has 0 amide bonds. The molecule has 0 heterocycles. The predicted molar refractivity (Wildman–Crippen MR) is 57.0 cm³/mol. The van der Waals surface area contributed by atoms with E-state index in [-0.39, 0.29) is 12.2 Å². The molecule has 0 aliphatic carbocycles. The fourth-order valence-corrected chi connectivity index (χ4v) is 1.25. The van der Waals surface area contributed by atoms with Crippen molar-refractivity contribution in [3.63, 3.8) is 0 Å². The van der Waals surface area contributed by atoms with E-state index in [1.54, 1.807) is 6.92 Å². The third-order valence-corrected chi connectivity index (χ3v) is 2.16. The summed E-state index contributed by atoms with van der Waals surface area (Å²) >= 11 is 0. The van der Waals surface area contributed by atoms with Crippen LogP contribution < -0.4 is 5.32 Å². The van der Waals surface area contributed by atoms with E-state index < -0.39 is 17.5 Å². The largest absolute Gasteiger partial charge is 0.390 e. The number of benzene rings is 1. The molecule has 94 valence electrons. The van der Waals surface area contributed by atoms with Gasteiger partial charge in [0.1, 0.15) is 0 Å². The van der Waals surface area contributed by atoms with Crippen molar-refractivity contribution in [3.8, 4) is 0 Å². The van der Waals surface area contributed by atoms with Crippen LogP contribution in [0.2, 0.25) is 0 Å². The number of halogens is 3. The van der Waals surface area contributed by atoms with E-state index in [9.17, 15) is 23.3 Å². The zero-order chi connectivity index (χ0) is 13.1. The molecule has 0 saturated heterocycles. The van der Waals surface area contributed by atoms with Crippen molar-refractivity contribution in [2.45, 2.75) is 19.5 Å². The quantitative estimate of drug-likeness (QED) is 0.657. The third kappa shape index (κ3) is 4.29. The van der Waals surface area contributed by atoms with E-state index in [4.69, 9.17) is 0 Å². The van der Waals surface area contributed by atoms with E-state index in [0.29, 0.717) is 11.3 Å². The number of hydrogen-bond donors (Lipinski definition) is 1. The monoisotopic (exact) mass is 248 g/mol. The molecule has 0 aliphatic heterocycles.